The molecule has 2 fully saturated rings. The van der Waals surface area contributed by atoms with Crippen LogP contribution in [0.5, 0.6) is 0 Å². The van der Waals surface area contributed by atoms with E-state index in [2.05, 4.69) is 30.4 Å². The minimum atomic E-state index is -0.454. The van der Waals surface area contributed by atoms with Crippen LogP contribution in [0.3, 0.4) is 0 Å². The Bertz CT molecular complexity index is 1140. The summed E-state index contributed by atoms with van der Waals surface area (Å²) in [7, 11) is 0. The van der Waals surface area contributed by atoms with Gasteiger partial charge in [-0.15, -0.1) is 0 Å². The number of hydrogen-bond donors (Lipinski definition) is 2. The number of para-hydroxylation sites is 1. The number of hydrogen-bond acceptors (Lipinski definition) is 6. The molecule has 0 unspecified atom stereocenters. The van der Waals surface area contributed by atoms with Crippen molar-refractivity contribution in [3.63, 3.8) is 0 Å². The Morgan fingerprint density at radius 2 is 1.91 bits per heavy atom. The third-order valence-corrected chi connectivity index (χ3v) is 6.83. The van der Waals surface area contributed by atoms with Gasteiger partial charge >= 0.3 is 0 Å². The summed E-state index contributed by atoms with van der Waals surface area (Å²) in [5, 5.41) is 7.03. The van der Waals surface area contributed by atoms with Crippen molar-refractivity contribution in [2.45, 2.75) is 24.9 Å². The van der Waals surface area contributed by atoms with Gasteiger partial charge in [0.05, 0.1) is 17.7 Å². The molecule has 8 nitrogen and oxygen atoms in total. The molecule has 2 N–H and O–H groups in total. The molecule has 4 heterocycles. The van der Waals surface area contributed by atoms with Gasteiger partial charge in [-0.25, -0.2) is 0 Å². The van der Waals surface area contributed by atoms with Crippen LogP contribution in [0.25, 0.3) is 10.9 Å². The van der Waals surface area contributed by atoms with Crippen molar-refractivity contribution in [3.05, 3.63) is 72.2 Å². The SMILES string of the molecule is O=C(NCCN1CCC2(CC1)C(=O)NCN2Cc1cccnc1)c1cccc2cccnc12. The van der Waals surface area contributed by atoms with Crippen LogP contribution in [0.1, 0.15) is 28.8 Å². The molecule has 2 aromatic heterocycles. The number of piperidine rings is 1. The molecule has 2 aliphatic rings. The van der Waals surface area contributed by atoms with Gasteiger partial charge in [0.1, 0.15) is 5.54 Å². The van der Waals surface area contributed by atoms with Crippen LogP contribution in [0, 0.1) is 0 Å². The van der Waals surface area contributed by atoms with Crippen LogP contribution < -0.4 is 10.6 Å². The number of amides is 2. The van der Waals surface area contributed by atoms with Crippen LogP contribution in [0.2, 0.25) is 0 Å². The molecule has 2 aliphatic heterocycles. The number of nitrogens with one attached hydrogen (secondary N) is 2. The Hall–Kier alpha value is -3.36. The third kappa shape index (κ3) is 4.31. The predicted molar refractivity (Wildman–Crippen MR) is 125 cm³/mol. The molecule has 8 heteroatoms. The molecule has 0 aliphatic carbocycles. The van der Waals surface area contributed by atoms with Crippen molar-refractivity contribution >= 4 is 22.7 Å². The van der Waals surface area contributed by atoms with E-state index in [0.29, 0.717) is 25.3 Å². The minimum Gasteiger partial charge on any atom is -0.351 e. The fourth-order valence-electron chi connectivity index (χ4n) is 4.95. The number of rotatable bonds is 6. The molecule has 1 spiro atoms. The molecule has 1 aromatic carbocycles. The average Bonchev–Trinajstić information content (AvgIpc) is 3.15. The zero-order valence-corrected chi connectivity index (χ0v) is 18.5. The third-order valence-electron chi connectivity index (χ3n) is 6.83. The van der Waals surface area contributed by atoms with Crippen LogP contribution in [-0.4, -0.2) is 70.0 Å². The lowest BCUT2D eigenvalue weighted by atomic mass is 9.86. The zero-order chi connectivity index (χ0) is 22.7. The summed E-state index contributed by atoms with van der Waals surface area (Å²) in [6, 6.07) is 13.5. The molecule has 5 rings (SSSR count). The van der Waals surface area contributed by atoms with Crippen LogP contribution in [-0.2, 0) is 11.3 Å². The molecule has 2 saturated heterocycles. The quantitative estimate of drug-likeness (QED) is 0.603. The first-order chi connectivity index (χ1) is 16.2. The maximum Gasteiger partial charge on any atom is 0.253 e. The van der Waals surface area contributed by atoms with E-state index in [1.54, 1.807) is 12.4 Å². The van der Waals surface area contributed by atoms with E-state index >= 15 is 0 Å². The summed E-state index contributed by atoms with van der Waals surface area (Å²) in [6.07, 6.45) is 6.89. The van der Waals surface area contributed by atoms with Crippen molar-refractivity contribution in [3.8, 4) is 0 Å². The summed E-state index contributed by atoms with van der Waals surface area (Å²) in [4.78, 5) is 38.6. The van der Waals surface area contributed by atoms with Gasteiger partial charge in [0.15, 0.2) is 0 Å². The molecule has 170 valence electrons. The lowest BCUT2D eigenvalue weighted by molar-refractivity contribution is -0.129. The van der Waals surface area contributed by atoms with Crippen LogP contribution in [0.4, 0.5) is 0 Å². The summed E-state index contributed by atoms with van der Waals surface area (Å²) in [6.45, 7) is 4.24. The normalized spacial score (nSPS) is 18.5. The Kier molecular flexibility index (Phi) is 6.02. The highest BCUT2D eigenvalue weighted by atomic mass is 16.2. The summed E-state index contributed by atoms with van der Waals surface area (Å²) in [5.41, 5.74) is 1.98. The smallest absolute Gasteiger partial charge is 0.253 e. The number of pyridine rings is 2. The first-order valence-corrected chi connectivity index (χ1v) is 11.4. The molecular weight excluding hydrogens is 416 g/mol. The monoisotopic (exact) mass is 444 g/mol. The van der Waals surface area contributed by atoms with Gasteiger partial charge in [0.25, 0.3) is 5.91 Å². The van der Waals surface area contributed by atoms with Gasteiger partial charge < -0.3 is 15.5 Å². The predicted octanol–water partition coefficient (Wildman–Crippen LogP) is 1.78. The number of benzene rings is 1. The maximum absolute atomic E-state index is 12.8. The van der Waals surface area contributed by atoms with Gasteiger partial charge in [0.2, 0.25) is 5.91 Å². The van der Waals surface area contributed by atoms with Gasteiger partial charge in [-0.2, -0.15) is 0 Å². The second kappa shape index (κ2) is 9.25. The number of nitrogens with zero attached hydrogens (tertiary/aromatic N) is 4. The summed E-state index contributed by atoms with van der Waals surface area (Å²) in [5.74, 6) is 0.0217. The fourth-order valence-corrected chi connectivity index (χ4v) is 4.95. The highest BCUT2D eigenvalue weighted by molar-refractivity contribution is 6.05. The molecule has 0 bridgehead atoms. The highest BCUT2D eigenvalue weighted by Crippen LogP contribution is 2.33. The van der Waals surface area contributed by atoms with Gasteiger partial charge in [0, 0.05) is 56.7 Å². The number of aromatic nitrogens is 2. The molecule has 33 heavy (non-hydrogen) atoms. The minimum absolute atomic E-state index is 0.106. The first kappa shape index (κ1) is 21.5. The second-order valence-electron chi connectivity index (χ2n) is 8.73. The van der Waals surface area contributed by atoms with Gasteiger partial charge in [-0.3, -0.25) is 24.5 Å². The van der Waals surface area contributed by atoms with E-state index in [1.807, 2.05) is 48.7 Å². The van der Waals surface area contributed by atoms with E-state index in [9.17, 15) is 9.59 Å². The Morgan fingerprint density at radius 3 is 2.73 bits per heavy atom. The van der Waals surface area contributed by atoms with Crippen molar-refractivity contribution < 1.29 is 9.59 Å². The van der Waals surface area contributed by atoms with Crippen molar-refractivity contribution in [1.82, 2.24) is 30.4 Å². The second-order valence-corrected chi connectivity index (χ2v) is 8.73. The van der Waals surface area contributed by atoms with E-state index in [0.717, 1.165) is 48.9 Å². The molecule has 0 atom stereocenters. The van der Waals surface area contributed by atoms with E-state index in [4.69, 9.17) is 0 Å². The number of carbonyl (C=O) groups excluding carboxylic acids is 2. The van der Waals surface area contributed by atoms with E-state index in [1.165, 1.54) is 0 Å². The molecule has 0 saturated carbocycles. The van der Waals surface area contributed by atoms with Gasteiger partial charge in [-0.05, 0) is 36.6 Å². The molecule has 2 amide bonds. The Labute approximate surface area is 193 Å². The standard InChI is InChI=1S/C25H28N6O2/c32-23(21-7-1-5-20-6-3-11-27-22(20)21)28-12-15-30-13-8-25(9-14-30)24(33)29-18-31(25)17-19-4-2-10-26-16-19/h1-7,10-11,16H,8-9,12-15,17-18H2,(H,28,32)(H,29,33). The summed E-state index contributed by atoms with van der Waals surface area (Å²) >= 11 is 0. The fraction of sp³-hybridized carbons (Fsp3) is 0.360. The number of carbonyl (C=O) groups is 2. The maximum atomic E-state index is 12.8. The summed E-state index contributed by atoms with van der Waals surface area (Å²) < 4.78 is 0. The number of likely N-dealkylation sites (tertiary alicyclic amines) is 1. The van der Waals surface area contributed by atoms with Crippen molar-refractivity contribution in [1.29, 1.82) is 0 Å². The van der Waals surface area contributed by atoms with Crippen molar-refractivity contribution in [2.75, 3.05) is 32.8 Å². The van der Waals surface area contributed by atoms with Gasteiger partial charge in [-0.1, -0.05) is 24.3 Å². The topological polar surface area (TPSA) is 90.5 Å². The highest BCUT2D eigenvalue weighted by Gasteiger charge is 2.49. The largest absolute Gasteiger partial charge is 0.351 e. The zero-order valence-electron chi connectivity index (χ0n) is 18.5. The van der Waals surface area contributed by atoms with Crippen molar-refractivity contribution in [2.24, 2.45) is 0 Å². The van der Waals surface area contributed by atoms with E-state index in [-0.39, 0.29) is 11.8 Å². The molecule has 3 aromatic rings. The Morgan fingerprint density at radius 1 is 1.09 bits per heavy atom. The average molecular weight is 445 g/mol. The lowest BCUT2D eigenvalue weighted by Gasteiger charge is -2.42. The molecular formula is C25H28N6O2. The van der Waals surface area contributed by atoms with E-state index < -0.39 is 5.54 Å². The number of fused-ring (bicyclic) bond motifs is 1. The Balaban J connectivity index is 1.15. The van der Waals surface area contributed by atoms with Crippen LogP contribution in [0.15, 0.2) is 61.1 Å². The van der Waals surface area contributed by atoms with Crippen LogP contribution >= 0.6 is 0 Å². The lowest BCUT2D eigenvalue weighted by Crippen LogP contribution is -2.56. The first-order valence-electron chi connectivity index (χ1n) is 11.4. The molecule has 0 radical (unpaired) electrons.